The number of anilines is 1. The lowest BCUT2D eigenvalue weighted by atomic mass is 10.1. The van der Waals surface area contributed by atoms with E-state index in [0.717, 1.165) is 11.1 Å². The number of ether oxygens (including phenoxy) is 1. The molecule has 1 amide bonds. The molecule has 2 aromatic heterocycles. The Hall–Kier alpha value is -3.35. The van der Waals surface area contributed by atoms with Gasteiger partial charge in [0.05, 0.1) is 25.2 Å². The number of carbonyl (C=O) groups is 1. The van der Waals surface area contributed by atoms with Gasteiger partial charge < -0.3 is 19.1 Å². The van der Waals surface area contributed by atoms with E-state index < -0.39 is 6.04 Å². The number of fused-ring (bicyclic) bond motifs is 1. The minimum atomic E-state index is -0.544. The van der Waals surface area contributed by atoms with Gasteiger partial charge in [-0.05, 0) is 24.4 Å². The molecule has 150 valence electrons. The zero-order valence-corrected chi connectivity index (χ0v) is 16.6. The first-order valence-electron chi connectivity index (χ1n) is 9.71. The van der Waals surface area contributed by atoms with Gasteiger partial charge in [0.15, 0.2) is 0 Å². The van der Waals surface area contributed by atoms with E-state index >= 15 is 0 Å². The van der Waals surface area contributed by atoms with Gasteiger partial charge in [0.25, 0.3) is 5.56 Å². The molecule has 4 rings (SSSR count). The summed E-state index contributed by atoms with van der Waals surface area (Å²) >= 11 is 0. The molecule has 1 aromatic carbocycles. The number of benzene rings is 1. The standard InChI is InChI=1S/C22H24N4O3/c1-16(26-8-7-17-5-3-4-6-20(17)22(26)28)21(27)25-11-9-24(10-12-25)18-13-19(29-2)15-23-14-18/h3-8,13-16H,9-12H2,1-2H3. The molecular formula is C22H24N4O3. The van der Waals surface area contributed by atoms with Gasteiger partial charge in [0, 0.05) is 43.8 Å². The van der Waals surface area contributed by atoms with Crippen molar-refractivity contribution in [3.05, 3.63) is 65.3 Å². The molecule has 1 fully saturated rings. The average Bonchev–Trinajstić information content (AvgIpc) is 2.79. The van der Waals surface area contributed by atoms with Crippen molar-refractivity contribution >= 4 is 22.4 Å². The SMILES string of the molecule is COc1cncc(N2CCN(C(=O)C(C)n3ccc4ccccc4c3=O)CC2)c1. The summed E-state index contributed by atoms with van der Waals surface area (Å²) in [5, 5.41) is 1.51. The van der Waals surface area contributed by atoms with Crippen LogP contribution in [-0.2, 0) is 4.79 Å². The minimum Gasteiger partial charge on any atom is -0.495 e. The van der Waals surface area contributed by atoms with Gasteiger partial charge in [-0.2, -0.15) is 0 Å². The monoisotopic (exact) mass is 392 g/mol. The number of nitrogens with zero attached hydrogens (tertiary/aromatic N) is 4. The summed E-state index contributed by atoms with van der Waals surface area (Å²) in [6.07, 6.45) is 5.19. The normalized spacial score (nSPS) is 15.4. The van der Waals surface area contributed by atoms with Crippen LogP contribution in [0.25, 0.3) is 10.8 Å². The first kappa shape index (κ1) is 19.0. The molecule has 1 atom stereocenters. The molecule has 3 aromatic rings. The summed E-state index contributed by atoms with van der Waals surface area (Å²) in [5.41, 5.74) is 0.847. The number of carbonyl (C=O) groups excluding carboxylic acids is 1. The van der Waals surface area contributed by atoms with E-state index in [2.05, 4.69) is 9.88 Å². The van der Waals surface area contributed by atoms with Crippen LogP contribution in [-0.4, -0.2) is 53.6 Å². The maximum atomic E-state index is 13.0. The lowest BCUT2D eigenvalue weighted by Gasteiger charge is -2.37. The maximum absolute atomic E-state index is 13.0. The van der Waals surface area contributed by atoms with E-state index in [1.165, 1.54) is 4.57 Å². The van der Waals surface area contributed by atoms with Crippen molar-refractivity contribution in [2.24, 2.45) is 0 Å². The first-order chi connectivity index (χ1) is 14.1. The molecule has 0 aliphatic carbocycles. The Kier molecular flexibility index (Phi) is 5.20. The summed E-state index contributed by atoms with van der Waals surface area (Å²) in [5.74, 6) is 0.677. The highest BCUT2D eigenvalue weighted by molar-refractivity contribution is 5.83. The van der Waals surface area contributed by atoms with Gasteiger partial charge in [0.1, 0.15) is 11.8 Å². The van der Waals surface area contributed by atoms with E-state index in [1.54, 1.807) is 38.7 Å². The Balaban J connectivity index is 1.47. The summed E-state index contributed by atoms with van der Waals surface area (Å²) in [7, 11) is 1.62. The van der Waals surface area contributed by atoms with Crippen molar-refractivity contribution in [3.8, 4) is 5.75 Å². The smallest absolute Gasteiger partial charge is 0.259 e. The van der Waals surface area contributed by atoms with E-state index in [-0.39, 0.29) is 11.5 Å². The molecule has 0 spiro atoms. The number of pyridine rings is 2. The molecule has 7 heteroatoms. The molecule has 1 saturated heterocycles. The number of aromatic nitrogens is 2. The van der Waals surface area contributed by atoms with Crippen LogP contribution < -0.4 is 15.2 Å². The third-order valence-electron chi connectivity index (χ3n) is 5.51. The Morgan fingerprint density at radius 3 is 2.62 bits per heavy atom. The third-order valence-corrected chi connectivity index (χ3v) is 5.51. The van der Waals surface area contributed by atoms with E-state index in [4.69, 9.17) is 4.74 Å². The van der Waals surface area contributed by atoms with Crippen molar-refractivity contribution in [1.29, 1.82) is 0 Å². The van der Waals surface area contributed by atoms with Gasteiger partial charge >= 0.3 is 0 Å². The van der Waals surface area contributed by atoms with Crippen LogP contribution in [0.5, 0.6) is 5.75 Å². The maximum Gasteiger partial charge on any atom is 0.259 e. The van der Waals surface area contributed by atoms with Gasteiger partial charge in [-0.1, -0.05) is 18.2 Å². The van der Waals surface area contributed by atoms with Crippen molar-refractivity contribution in [3.63, 3.8) is 0 Å². The number of amides is 1. The van der Waals surface area contributed by atoms with Crippen LogP contribution in [0, 0.1) is 0 Å². The molecule has 1 aliphatic rings. The van der Waals surface area contributed by atoms with Crippen LogP contribution in [0.4, 0.5) is 5.69 Å². The lowest BCUT2D eigenvalue weighted by Crippen LogP contribution is -2.51. The predicted molar refractivity (Wildman–Crippen MR) is 113 cm³/mol. The highest BCUT2D eigenvalue weighted by Crippen LogP contribution is 2.21. The van der Waals surface area contributed by atoms with Crippen molar-refractivity contribution in [2.45, 2.75) is 13.0 Å². The second kappa shape index (κ2) is 7.95. The molecule has 29 heavy (non-hydrogen) atoms. The second-order valence-corrected chi connectivity index (χ2v) is 7.19. The molecule has 3 heterocycles. The molecule has 7 nitrogen and oxygen atoms in total. The van der Waals surface area contributed by atoms with Crippen LogP contribution in [0.1, 0.15) is 13.0 Å². The topological polar surface area (TPSA) is 67.7 Å². The number of hydrogen-bond donors (Lipinski definition) is 0. The Morgan fingerprint density at radius 1 is 1.10 bits per heavy atom. The molecule has 0 radical (unpaired) electrons. The summed E-state index contributed by atoms with van der Waals surface area (Å²) < 4.78 is 6.77. The number of piperazine rings is 1. The first-order valence-corrected chi connectivity index (χ1v) is 9.71. The summed E-state index contributed by atoms with van der Waals surface area (Å²) in [4.78, 5) is 34.1. The lowest BCUT2D eigenvalue weighted by molar-refractivity contribution is -0.134. The second-order valence-electron chi connectivity index (χ2n) is 7.19. The van der Waals surface area contributed by atoms with Gasteiger partial charge in [-0.15, -0.1) is 0 Å². The van der Waals surface area contributed by atoms with Crippen molar-refractivity contribution < 1.29 is 9.53 Å². The van der Waals surface area contributed by atoms with Gasteiger partial charge in [-0.25, -0.2) is 0 Å². The van der Waals surface area contributed by atoms with Gasteiger partial charge in [0.2, 0.25) is 5.91 Å². The van der Waals surface area contributed by atoms with E-state index in [1.807, 2.05) is 35.2 Å². The largest absolute Gasteiger partial charge is 0.495 e. The van der Waals surface area contributed by atoms with Gasteiger partial charge in [-0.3, -0.25) is 14.6 Å². The van der Waals surface area contributed by atoms with Crippen LogP contribution in [0.2, 0.25) is 0 Å². The summed E-state index contributed by atoms with van der Waals surface area (Å²) in [6.45, 7) is 4.40. The van der Waals surface area contributed by atoms with Crippen molar-refractivity contribution in [2.75, 3.05) is 38.2 Å². The number of rotatable bonds is 4. The highest BCUT2D eigenvalue weighted by Gasteiger charge is 2.27. The predicted octanol–water partition coefficient (Wildman–Crippen LogP) is 2.31. The minimum absolute atomic E-state index is 0.0363. The Bertz CT molecular complexity index is 1090. The molecule has 0 N–H and O–H groups in total. The molecule has 0 bridgehead atoms. The molecule has 0 saturated carbocycles. The van der Waals surface area contributed by atoms with E-state index in [0.29, 0.717) is 37.3 Å². The zero-order chi connectivity index (χ0) is 20.4. The molecule has 1 unspecified atom stereocenters. The van der Waals surface area contributed by atoms with Crippen LogP contribution >= 0.6 is 0 Å². The Labute approximate surface area is 169 Å². The average molecular weight is 392 g/mol. The fourth-order valence-corrected chi connectivity index (χ4v) is 3.77. The Morgan fingerprint density at radius 2 is 1.86 bits per heavy atom. The molecular weight excluding hydrogens is 368 g/mol. The zero-order valence-electron chi connectivity index (χ0n) is 16.6. The third kappa shape index (κ3) is 3.68. The number of methoxy groups -OCH3 is 1. The van der Waals surface area contributed by atoms with Crippen LogP contribution in [0.15, 0.2) is 59.8 Å². The highest BCUT2D eigenvalue weighted by atomic mass is 16.5. The van der Waals surface area contributed by atoms with Crippen molar-refractivity contribution in [1.82, 2.24) is 14.5 Å². The van der Waals surface area contributed by atoms with Crippen LogP contribution in [0.3, 0.4) is 0 Å². The summed E-state index contributed by atoms with van der Waals surface area (Å²) in [6, 6.07) is 10.7. The van der Waals surface area contributed by atoms with E-state index in [9.17, 15) is 9.59 Å². The molecule has 1 aliphatic heterocycles. The fraction of sp³-hybridized carbons (Fsp3) is 0.318. The number of hydrogen-bond acceptors (Lipinski definition) is 5. The quantitative estimate of drug-likeness (QED) is 0.682. The fourth-order valence-electron chi connectivity index (χ4n) is 3.77.